The summed E-state index contributed by atoms with van der Waals surface area (Å²) in [4.78, 5) is 4.40. The normalized spacial score (nSPS) is 22.8. The molecule has 0 radical (unpaired) electrons. The van der Waals surface area contributed by atoms with Crippen LogP contribution in [0.2, 0.25) is 0 Å². The summed E-state index contributed by atoms with van der Waals surface area (Å²) in [5, 5.41) is 3.44. The van der Waals surface area contributed by atoms with E-state index in [9.17, 15) is 0 Å². The van der Waals surface area contributed by atoms with Crippen LogP contribution in [0.5, 0.6) is 5.75 Å². The zero-order valence-corrected chi connectivity index (χ0v) is 13.1. The largest absolute Gasteiger partial charge is 0.490 e. The Morgan fingerprint density at radius 1 is 1.30 bits per heavy atom. The molecule has 20 heavy (non-hydrogen) atoms. The highest BCUT2D eigenvalue weighted by Crippen LogP contribution is 2.29. The molecule has 0 unspecified atom stereocenters. The third-order valence-corrected chi connectivity index (χ3v) is 4.08. The minimum absolute atomic E-state index is 0.387. The van der Waals surface area contributed by atoms with Gasteiger partial charge in [-0.25, -0.2) is 0 Å². The summed E-state index contributed by atoms with van der Waals surface area (Å²) in [6.07, 6.45) is 8.44. The van der Waals surface area contributed by atoms with Crippen LogP contribution in [0, 0.1) is 12.8 Å². The number of ether oxygens (including phenoxy) is 1. The van der Waals surface area contributed by atoms with Crippen LogP contribution >= 0.6 is 0 Å². The van der Waals surface area contributed by atoms with E-state index in [0.717, 1.165) is 36.9 Å². The standard InChI is InChI=1S/C17H28N2O/c1-4-9-18-11-15-12-19-14(3)10-17(15)20-16-7-5-13(2)6-8-16/h10,12-13,16,18H,4-9,11H2,1-3H3. The smallest absolute Gasteiger partial charge is 0.127 e. The molecule has 1 N–H and O–H groups in total. The number of rotatable bonds is 6. The Kier molecular flexibility index (Phi) is 5.84. The van der Waals surface area contributed by atoms with Crippen molar-refractivity contribution >= 4 is 0 Å². The van der Waals surface area contributed by atoms with E-state index >= 15 is 0 Å². The lowest BCUT2D eigenvalue weighted by molar-refractivity contribution is 0.134. The van der Waals surface area contributed by atoms with E-state index in [2.05, 4.69) is 30.2 Å². The maximum absolute atomic E-state index is 6.27. The second kappa shape index (κ2) is 7.63. The lowest BCUT2D eigenvalue weighted by Gasteiger charge is -2.27. The maximum atomic E-state index is 6.27. The van der Waals surface area contributed by atoms with Gasteiger partial charge in [-0.2, -0.15) is 0 Å². The maximum Gasteiger partial charge on any atom is 0.127 e. The molecule has 1 aromatic rings. The molecule has 3 heteroatoms. The zero-order valence-electron chi connectivity index (χ0n) is 13.1. The molecule has 0 bridgehead atoms. The highest BCUT2D eigenvalue weighted by Gasteiger charge is 2.20. The minimum Gasteiger partial charge on any atom is -0.490 e. The van der Waals surface area contributed by atoms with Crippen molar-refractivity contribution in [2.45, 2.75) is 65.5 Å². The minimum atomic E-state index is 0.387. The summed E-state index contributed by atoms with van der Waals surface area (Å²) in [5.41, 5.74) is 2.21. The topological polar surface area (TPSA) is 34.2 Å². The Bertz CT molecular complexity index is 411. The summed E-state index contributed by atoms with van der Waals surface area (Å²) in [6, 6.07) is 2.08. The number of nitrogens with one attached hydrogen (secondary N) is 1. The van der Waals surface area contributed by atoms with E-state index in [-0.39, 0.29) is 0 Å². The van der Waals surface area contributed by atoms with Crippen LogP contribution in [0.25, 0.3) is 0 Å². The fraction of sp³-hybridized carbons (Fsp3) is 0.706. The fourth-order valence-corrected chi connectivity index (χ4v) is 2.73. The van der Waals surface area contributed by atoms with E-state index < -0.39 is 0 Å². The summed E-state index contributed by atoms with van der Waals surface area (Å²) in [5.74, 6) is 1.89. The molecule has 1 aliphatic rings. The van der Waals surface area contributed by atoms with Crippen molar-refractivity contribution in [3.05, 3.63) is 23.5 Å². The number of hydrogen-bond acceptors (Lipinski definition) is 3. The molecule has 0 amide bonds. The van der Waals surface area contributed by atoms with Crippen LogP contribution < -0.4 is 10.1 Å². The van der Waals surface area contributed by atoms with E-state index in [1.54, 1.807) is 0 Å². The van der Waals surface area contributed by atoms with E-state index in [0.29, 0.717) is 6.10 Å². The van der Waals surface area contributed by atoms with Crippen molar-refractivity contribution in [2.75, 3.05) is 6.54 Å². The fourth-order valence-electron chi connectivity index (χ4n) is 2.73. The highest BCUT2D eigenvalue weighted by molar-refractivity contribution is 5.33. The van der Waals surface area contributed by atoms with Gasteiger partial charge in [0.25, 0.3) is 0 Å². The quantitative estimate of drug-likeness (QED) is 0.801. The van der Waals surface area contributed by atoms with Crippen LogP contribution in [0.4, 0.5) is 0 Å². The first-order valence-corrected chi connectivity index (χ1v) is 8.02. The molecule has 1 fully saturated rings. The van der Waals surface area contributed by atoms with Crippen molar-refractivity contribution in [1.29, 1.82) is 0 Å². The third kappa shape index (κ3) is 4.48. The predicted molar refractivity (Wildman–Crippen MR) is 83.0 cm³/mol. The third-order valence-electron chi connectivity index (χ3n) is 4.08. The van der Waals surface area contributed by atoms with Gasteiger partial charge in [-0.05, 0) is 51.5 Å². The summed E-state index contributed by atoms with van der Waals surface area (Å²) < 4.78 is 6.27. The van der Waals surface area contributed by atoms with Gasteiger partial charge in [-0.1, -0.05) is 13.8 Å². The Balaban J connectivity index is 1.99. The molecule has 1 aliphatic carbocycles. The van der Waals surface area contributed by atoms with Gasteiger partial charge in [0.15, 0.2) is 0 Å². The summed E-state index contributed by atoms with van der Waals surface area (Å²) >= 11 is 0. The molecule has 0 saturated heterocycles. The molecule has 3 nitrogen and oxygen atoms in total. The van der Waals surface area contributed by atoms with E-state index in [1.807, 2.05) is 13.1 Å². The number of hydrogen-bond donors (Lipinski definition) is 1. The number of pyridine rings is 1. The van der Waals surface area contributed by atoms with Crippen LogP contribution in [-0.4, -0.2) is 17.6 Å². The number of aryl methyl sites for hydroxylation is 1. The second-order valence-electron chi connectivity index (χ2n) is 6.11. The van der Waals surface area contributed by atoms with Crippen LogP contribution in [0.15, 0.2) is 12.3 Å². The van der Waals surface area contributed by atoms with Crippen molar-refractivity contribution < 1.29 is 4.74 Å². The molecule has 1 saturated carbocycles. The predicted octanol–water partition coefficient (Wildman–Crippen LogP) is 3.85. The second-order valence-corrected chi connectivity index (χ2v) is 6.11. The molecule has 112 valence electrons. The number of nitrogens with zero attached hydrogens (tertiary/aromatic N) is 1. The summed E-state index contributed by atoms with van der Waals surface area (Å²) in [6.45, 7) is 8.43. The van der Waals surface area contributed by atoms with Gasteiger partial charge in [-0.15, -0.1) is 0 Å². The highest BCUT2D eigenvalue weighted by atomic mass is 16.5. The first kappa shape index (κ1) is 15.3. The Labute approximate surface area is 123 Å². The van der Waals surface area contributed by atoms with Gasteiger partial charge >= 0.3 is 0 Å². The average molecular weight is 276 g/mol. The monoisotopic (exact) mass is 276 g/mol. The van der Waals surface area contributed by atoms with Gasteiger partial charge in [-0.3, -0.25) is 4.98 Å². The molecule has 0 aliphatic heterocycles. The lowest BCUT2D eigenvalue weighted by Crippen LogP contribution is -2.24. The number of aromatic nitrogens is 1. The van der Waals surface area contributed by atoms with E-state index in [1.165, 1.54) is 31.2 Å². The van der Waals surface area contributed by atoms with Crippen molar-refractivity contribution in [3.63, 3.8) is 0 Å². The molecule has 0 aromatic carbocycles. The zero-order chi connectivity index (χ0) is 14.4. The first-order valence-electron chi connectivity index (χ1n) is 8.02. The van der Waals surface area contributed by atoms with Crippen molar-refractivity contribution in [3.8, 4) is 5.75 Å². The molecule has 1 aromatic heterocycles. The Morgan fingerprint density at radius 3 is 2.75 bits per heavy atom. The Morgan fingerprint density at radius 2 is 2.05 bits per heavy atom. The molecule has 2 rings (SSSR count). The van der Waals surface area contributed by atoms with Gasteiger partial charge in [0, 0.05) is 30.1 Å². The van der Waals surface area contributed by atoms with Crippen LogP contribution in [0.3, 0.4) is 0 Å². The van der Waals surface area contributed by atoms with Crippen LogP contribution in [-0.2, 0) is 6.54 Å². The van der Waals surface area contributed by atoms with E-state index in [4.69, 9.17) is 4.74 Å². The molecular formula is C17H28N2O. The van der Waals surface area contributed by atoms with Crippen LogP contribution in [0.1, 0.15) is 57.2 Å². The van der Waals surface area contributed by atoms with Gasteiger partial charge in [0.2, 0.25) is 0 Å². The SMILES string of the molecule is CCCNCc1cnc(C)cc1OC1CCC(C)CC1. The van der Waals surface area contributed by atoms with Gasteiger partial charge in [0.05, 0.1) is 6.10 Å². The van der Waals surface area contributed by atoms with Gasteiger partial charge < -0.3 is 10.1 Å². The lowest BCUT2D eigenvalue weighted by atomic mass is 9.89. The van der Waals surface area contributed by atoms with Crippen molar-refractivity contribution in [1.82, 2.24) is 10.3 Å². The van der Waals surface area contributed by atoms with Gasteiger partial charge in [0.1, 0.15) is 5.75 Å². The average Bonchev–Trinajstić information content (AvgIpc) is 2.44. The Hall–Kier alpha value is -1.09. The summed E-state index contributed by atoms with van der Waals surface area (Å²) in [7, 11) is 0. The first-order chi connectivity index (χ1) is 9.69. The van der Waals surface area contributed by atoms with Crippen molar-refractivity contribution in [2.24, 2.45) is 5.92 Å². The molecule has 1 heterocycles. The molecule has 0 spiro atoms. The molecular weight excluding hydrogens is 248 g/mol. The molecule has 0 atom stereocenters.